The molecule has 0 spiro atoms. The van der Waals surface area contributed by atoms with Crippen molar-refractivity contribution in [3.8, 4) is 0 Å². The van der Waals surface area contributed by atoms with Gasteiger partial charge in [-0.2, -0.15) is 0 Å². The maximum atomic E-state index is 12.3. The molecule has 118 valence electrons. The van der Waals surface area contributed by atoms with E-state index in [1.807, 2.05) is 24.3 Å². The Kier molecular flexibility index (Phi) is 5.41. The average molecular weight is 309 g/mol. The molecule has 2 unspecified atom stereocenters. The number of hydrogen-bond acceptors (Lipinski definition) is 3. The lowest BCUT2D eigenvalue weighted by molar-refractivity contribution is -0.514. The van der Waals surface area contributed by atoms with Crippen LogP contribution in [-0.2, 0) is 0 Å². The van der Waals surface area contributed by atoms with Crippen LogP contribution in [0.2, 0.25) is 0 Å². The molecule has 0 bridgehead atoms. The number of carbonyl (C=O) groups is 1. The van der Waals surface area contributed by atoms with E-state index in [1.165, 1.54) is 0 Å². The van der Waals surface area contributed by atoms with E-state index in [4.69, 9.17) is 0 Å². The summed E-state index contributed by atoms with van der Waals surface area (Å²) in [5.41, 5.74) is 1.74. The van der Waals surface area contributed by atoms with Crippen molar-refractivity contribution < 1.29 is 9.72 Å². The second kappa shape index (κ2) is 7.49. The fourth-order valence-corrected chi connectivity index (χ4v) is 2.65. The Morgan fingerprint density at radius 2 is 1.52 bits per heavy atom. The van der Waals surface area contributed by atoms with Crippen molar-refractivity contribution in [2.24, 2.45) is 5.92 Å². The van der Waals surface area contributed by atoms with Gasteiger partial charge in [-0.05, 0) is 5.56 Å². The molecule has 4 nitrogen and oxygen atoms in total. The number of nitro groups is 1. The first-order valence-electron chi connectivity index (χ1n) is 7.46. The molecule has 4 heteroatoms. The predicted molar refractivity (Wildman–Crippen MR) is 90.8 cm³/mol. The van der Waals surface area contributed by atoms with Crippen molar-refractivity contribution in [3.05, 3.63) is 88.5 Å². The van der Waals surface area contributed by atoms with Crippen molar-refractivity contribution in [3.63, 3.8) is 0 Å². The molecule has 2 rings (SSSR count). The van der Waals surface area contributed by atoms with Crippen LogP contribution in [0.3, 0.4) is 0 Å². The van der Waals surface area contributed by atoms with Crippen molar-refractivity contribution in [1.29, 1.82) is 0 Å². The summed E-state index contributed by atoms with van der Waals surface area (Å²) in [6.07, 6.45) is 0.113. The molecule has 0 aliphatic heterocycles. The van der Waals surface area contributed by atoms with Crippen molar-refractivity contribution in [1.82, 2.24) is 0 Å². The van der Waals surface area contributed by atoms with E-state index < -0.39 is 12.0 Å². The van der Waals surface area contributed by atoms with Crippen LogP contribution in [0.5, 0.6) is 0 Å². The van der Waals surface area contributed by atoms with Crippen molar-refractivity contribution in [2.75, 3.05) is 0 Å². The Balaban J connectivity index is 2.16. The number of rotatable bonds is 7. The van der Waals surface area contributed by atoms with Crippen LogP contribution in [0.25, 0.3) is 5.57 Å². The van der Waals surface area contributed by atoms with Gasteiger partial charge in [-0.1, -0.05) is 74.2 Å². The van der Waals surface area contributed by atoms with Crippen molar-refractivity contribution in [2.45, 2.75) is 19.4 Å². The van der Waals surface area contributed by atoms with E-state index in [1.54, 1.807) is 43.3 Å². The number of Topliss-reactive ketones (excluding diaryl/α,β-unsaturated/α-hetero) is 1. The highest BCUT2D eigenvalue weighted by molar-refractivity contribution is 5.96. The molecule has 0 saturated carbocycles. The summed E-state index contributed by atoms with van der Waals surface area (Å²) in [7, 11) is 0. The molecule has 0 aliphatic rings. The van der Waals surface area contributed by atoms with E-state index >= 15 is 0 Å². The Hall–Kier alpha value is -2.75. The van der Waals surface area contributed by atoms with E-state index in [-0.39, 0.29) is 17.1 Å². The van der Waals surface area contributed by atoms with E-state index in [2.05, 4.69) is 6.58 Å². The van der Waals surface area contributed by atoms with Crippen molar-refractivity contribution >= 4 is 11.4 Å². The number of hydrogen-bond donors (Lipinski definition) is 0. The van der Waals surface area contributed by atoms with Gasteiger partial charge in [-0.3, -0.25) is 14.9 Å². The first-order chi connectivity index (χ1) is 11.0. The zero-order chi connectivity index (χ0) is 16.8. The maximum absolute atomic E-state index is 12.3. The van der Waals surface area contributed by atoms with Crippen LogP contribution in [0, 0.1) is 16.0 Å². The van der Waals surface area contributed by atoms with E-state index in [9.17, 15) is 14.9 Å². The largest absolute Gasteiger partial charge is 0.294 e. The molecular weight excluding hydrogens is 290 g/mol. The Labute approximate surface area is 135 Å². The molecule has 0 aromatic heterocycles. The minimum absolute atomic E-state index is 0.0918. The van der Waals surface area contributed by atoms with Gasteiger partial charge >= 0.3 is 0 Å². The first kappa shape index (κ1) is 16.6. The molecular formula is C19H19NO3. The highest BCUT2D eigenvalue weighted by Gasteiger charge is 2.33. The molecule has 0 aliphatic carbocycles. The summed E-state index contributed by atoms with van der Waals surface area (Å²) in [6, 6.07) is 16.9. The van der Waals surface area contributed by atoms with Gasteiger partial charge in [0.2, 0.25) is 6.04 Å². The predicted octanol–water partition coefficient (Wildman–Crippen LogP) is 4.25. The average Bonchev–Trinajstić information content (AvgIpc) is 2.56. The number of benzene rings is 2. The third-order valence-corrected chi connectivity index (χ3v) is 3.87. The zero-order valence-electron chi connectivity index (χ0n) is 13.0. The summed E-state index contributed by atoms with van der Waals surface area (Å²) in [6.45, 7) is 5.62. The monoisotopic (exact) mass is 309 g/mol. The second-order valence-electron chi connectivity index (χ2n) is 5.59. The third kappa shape index (κ3) is 4.13. The van der Waals surface area contributed by atoms with Crippen LogP contribution in [-0.4, -0.2) is 16.7 Å². The molecule has 0 fully saturated rings. The normalized spacial score (nSPS) is 13.1. The summed E-state index contributed by atoms with van der Waals surface area (Å²) >= 11 is 0. The molecule has 0 heterocycles. The van der Waals surface area contributed by atoms with Gasteiger partial charge in [0.15, 0.2) is 5.78 Å². The van der Waals surface area contributed by atoms with Gasteiger partial charge < -0.3 is 0 Å². The molecule has 0 radical (unpaired) electrons. The number of carbonyl (C=O) groups excluding carboxylic acids is 1. The van der Waals surface area contributed by atoms with Gasteiger partial charge in [0.05, 0.1) is 0 Å². The fourth-order valence-electron chi connectivity index (χ4n) is 2.65. The van der Waals surface area contributed by atoms with Crippen LogP contribution >= 0.6 is 0 Å². The smallest absolute Gasteiger partial charge is 0.241 e. The number of nitrogens with zero attached hydrogens (tertiary/aromatic N) is 1. The van der Waals surface area contributed by atoms with Crippen LogP contribution in [0.4, 0.5) is 0 Å². The summed E-state index contributed by atoms with van der Waals surface area (Å²) < 4.78 is 0. The molecule has 23 heavy (non-hydrogen) atoms. The van der Waals surface area contributed by atoms with Gasteiger partial charge in [0, 0.05) is 28.4 Å². The fraction of sp³-hybridized carbons (Fsp3) is 0.211. The third-order valence-electron chi connectivity index (χ3n) is 3.87. The van der Waals surface area contributed by atoms with Gasteiger partial charge in [-0.15, -0.1) is 0 Å². The molecule has 2 aromatic rings. The molecule has 2 aromatic carbocycles. The van der Waals surface area contributed by atoms with Crippen LogP contribution in [0.1, 0.15) is 29.3 Å². The standard InChI is InChI=1S/C19H19NO3/c1-14(13-18(21)17-11-7-4-8-12-17)19(20(22)23)15(2)16-9-5-3-6-10-16/h3-12,14,19H,2,13H2,1H3. The Bertz CT molecular complexity index is 695. The minimum Gasteiger partial charge on any atom is -0.294 e. The lowest BCUT2D eigenvalue weighted by Crippen LogP contribution is -2.30. The van der Waals surface area contributed by atoms with E-state index in [0.29, 0.717) is 11.1 Å². The lowest BCUT2D eigenvalue weighted by atomic mass is 9.87. The molecule has 0 N–H and O–H groups in total. The van der Waals surface area contributed by atoms with Gasteiger partial charge in [0.1, 0.15) is 0 Å². The highest BCUT2D eigenvalue weighted by atomic mass is 16.6. The second-order valence-corrected chi connectivity index (χ2v) is 5.59. The summed E-state index contributed by atoms with van der Waals surface area (Å²) in [5, 5.41) is 11.5. The molecule has 2 atom stereocenters. The highest BCUT2D eigenvalue weighted by Crippen LogP contribution is 2.26. The summed E-state index contributed by atoms with van der Waals surface area (Å²) in [4.78, 5) is 23.4. The Morgan fingerprint density at radius 1 is 1.04 bits per heavy atom. The number of ketones is 1. The van der Waals surface area contributed by atoms with Gasteiger partial charge in [-0.25, -0.2) is 0 Å². The SMILES string of the molecule is C=C(c1ccccc1)C(C(C)CC(=O)c1ccccc1)[N+](=O)[O-]. The first-order valence-corrected chi connectivity index (χ1v) is 7.46. The molecule has 0 amide bonds. The quantitative estimate of drug-likeness (QED) is 0.436. The van der Waals surface area contributed by atoms with Gasteiger partial charge in [0.25, 0.3) is 0 Å². The van der Waals surface area contributed by atoms with Crippen LogP contribution in [0.15, 0.2) is 67.2 Å². The summed E-state index contributed by atoms with van der Waals surface area (Å²) in [5.74, 6) is -0.531. The van der Waals surface area contributed by atoms with Crippen LogP contribution < -0.4 is 0 Å². The van der Waals surface area contributed by atoms with E-state index in [0.717, 1.165) is 5.56 Å². The minimum atomic E-state index is -0.981. The topological polar surface area (TPSA) is 60.2 Å². The molecule has 0 saturated heterocycles. The lowest BCUT2D eigenvalue weighted by Gasteiger charge is -2.18. The Morgan fingerprint density at radius 3 is 2.00 bits per heavy atom. The zero-order valence-corrected chi connectivity index (χ0v) is 13.0. The maximum Gasteiger partial charge on any atom is 0.241 e.